The number of benzene rings is 1. The molecule has 1 aromatic heterocycles. The van der Waals surface area contributed by atoms with Crippen molar-refractivity contribution in [2.75, 3.05) is 6.61 Å². The Morgan fingerprint density at radius 2 is 1.92 bits per heavy atom. The third-order valence-electron chi connectivity index (χ3n) is 3.98. The smallest absolute Gasteiger partial charge is 0.423 e. The molecule has 0 fully saturated rings. The molecule has 1 aromatic carbocycles. The standard InChI is InChI=1S/C17H18ClF3N2O2/c1-4-25-12-5-6-13(14(18)7-12)11(3)16(24,17(19,20)21)15-9-22-10(2)8-23-15/h5-9,11,24H,4H2,1-3H3. The molecule has 25 heavy (non-hydrogen) atoms. The predicted molar refractivity (Wildman–Crippen MR) is 87.8 cm³/mol. The van der Waals surface area contributed by atoms with Gasteiger partial charge in [0.15, 0.2) is 0 Å². The number of hydrogen-bond donors (Lipinski definition) is 1. The number of hydrogen-bond acceptors (Lipinski definition) is 4. The molecular formula is C17H18ClF3N2O2. The van der Waals surface area contributed by atoms with E-state index in [1.165, 1.54) is 31.3 Å². The number of aryl methyl sites for hydroxylation is 1. The molecule has 0 saturated heterocycles. The fourth-order valence-electron chi connectivity index (χ4n) is 2.54. The van der Waals surface area contributed by atoms with E-state index >= 15 is 0 Å². The topological polar surface area (TPSA) is 55.2 Å². The second-order valence-electron chi connectivity index (χ2n) is 5.65. The maximum absolute atomic E-state index is 13.8. The summed E-state index contributed by atoms with van der Waals surface area (Å²) in [4.78, 5) is 7.56. The fourth-order valence-corrected chi connectivity index (χ4v) is 2.88. The van der Waals surface area contributed by atoms with Crippen molar-refractivity contribution in [2.24, 2.45) is 0 Å². The van der Waals surface area contributed by atoms with E-state index in [9.17, 15) is 18.3 Å². The van der Waals surface area contributed by atoms with E-state index in [1.54, 1.807) is 13.8 Å². The van der Waals surface area contributed by atoms with Crippen LogP contribution in [0.1, 0.15) is 36.7 Å². The number of ether oxygens (including phenoxy) is 1. The van der Waals surface area contributed by atoms with Crippen molar-refractivity contribution in [3.63, 3.8) is 0 Å². The Labute approximate surface area is 148 Å². The van der Waals surface area contributed by atoms with Crippen LogP contribution < -0.4 is 4.74 Å². The average molecular weight is 375 g/mol. The lowest BCUT2D eigenvalue weighted by Gasteiger charge is -2.35. The minimum atomic E-state index is -4.97. The maximum Gasteiger partial charge on any atom is 0.423 e. The number of halogens is 4. The summed E-state index contributed by atoms with van der Waals surface area (Å²) in [6.07, 6.45) is -2.86. The van der Waals surface area contributed by atoms with E-state index in [0.29, 0.717) is 18.1 Å². The molecule has 0 saturated carbocycles. The lowest BCUT2D eigenvalue weighted by molar-refractivity contribution is -0.276. The third kappa shape index (κ3) is 3.72. The van der Waals surface area contributed by atoms with Crippen molar-refractivity contribution in [1.82, 2.24) is 9.97 Å². The molecule has 2 aromatic rings. The summed E-state index contributed by atoms with van der Waals surface area (Å²) in [5, 5.41) is 10.7. The van der Waals surface area contributed by atoms with Crippen LogP contribution in [0.2, 0.25) is 5.02 Å². The first-order chi connectivity index (χ1) is 11.6. The Balaban J connectivity index is 2.53. The molecule has 2 rings (SSSR count). The van der Waals surface area contributed by atoms with Crippen molar-refractivity contribution in [3.8, 4) is 5.75 Å². The molecule has 8 heteroatoms. The second-order valence-corrected chi connectivity index (χ2v) is 6.05. The van der Waals surface area contributed by atoms with Crippen LogP contribution >= 0.6 is 11.6 Å². The van der Waals surface area contributed by atoms with Gasteiger partial charge in [-0.2, -0.15) is 13.2 Å². The SMILES string of the molecule is CCOc1ccc(C(C)C(O)(c2cnc(C)cn2)C(F)(F)F)c(Cl)c1. The summed E-state index contributed by atoms with van der Waals surface area (Å²) in [7, 11) is 0. The Morgan fingerprint density at radius 3 is 2.40 bits per heavy atom. The molecule has 0 spiro atoms. The molecule has 0 aliphatic heterocycles. The van der Waals surface area contributed by atoms with Gasteiger partial charge in [-0.1, -0.05) is 24.6 Å². The van der Waals surface area contributed by atoms with E-state index in [1.807, 2.05) is 0 Å². The lowest BCUT2D eigenvalue weighted by atomic mass is 9.80. The number of nitrogens with zero attached hydrogens (tertiary/aromatic N) is 2. The van der Waals surface area contributed by atoms with Crippen LogP contribution in [0.4, 0.5) is 13.2 Å². The molecule has 0 radical (unpaired) electrons. The Kier molecular flexibility index (Phi) is 5.58. The zero-order chi connectivity index (χ0) is 18.8. The van der Waals surface area contributed by atoms with Gasteiger partial charge in [-0.05, 0) is 31.5 Å². The van der Waals surface area contributed by atoms with Crippen molar-refractivity contribution in [1.29, 1.82) is 0 Å². The van der Waals surface area contributed by atoms with Gasteiger partial charge in [0, 0.05) is 17.1 Å². The highest BCUT2D eigenvalue weighted by Crippen LogP contribution is 2.49. The van der Waals surface area contributed by atoms with Gasteiger partial charge < -0.3 is 9.84 Å². The quantitative estimate of drug-likeness (QED) is 0.843. The van der Waals surface area contributed by atoms with E-state index < -0.39 is 23.4 Å². The molecule has 0 aliphatic rings. The molecule has 0 amide bonds. The van der Waals surface area contributed by atoms with E-state index in [0.717, 1.165) is 6.20 Å². The van der Waals surface area contributed by atoms with Crippen LogP contribution in [0.25, 0.3) is 0 Å². The first-order valence-electron chi connectivity index (χ1n) is 7.61. The molecule has 0 aliphatic carbocycles. The van der Waals surface area contributed by atoms with Gasteiger partial charge >= 0.3 is 6.18 Å². The third-order valence-corrected chi connectivity index (χ3v) is 4.31. The van der Waals surface area contributed by atoms with Crippen molar-refractivity contribution < 1.29 is 23.0 Å². The van der Waals surface area contributed by atoms with E-state index in [-0.39, 0.29) is 10.6 Å². The fraction of sp³-hybridized carbons (Fsp3) is 0.412. The van der Waals surface area contributed by atoms with Crippen LogP contribution in [-0.2, 0) is 5.60 Å². The van der Waals surface area contributed by atoms with Gasteiger partial charge in [0.2, 0.25) is 5.60 Å². The number of aromatic nitrogens is 2. The van der Waals surface area contributed by atoms with Crippen LogP contribution in [0, 0.1) is 6.92 Å². The minimum absolute atomic E-state index is 0.0706. The molecule has 4 nitrogen and oxygen atoms in total. The van der Waals surface area contributed by atoms with Gasteiger partial charge in [0.1, 0.15) is 11.4 Å². The van der Waals surface area contributed by atoms with Crippen LogP contribution in [0.3, 0.4) is 0 Å². The molecule has 1 N–H and O–H groups in total. The average Bonchev–Trinajstić information content (AvgIpc) is 2.53. The van der Waals surface area contributed by atoms with E-state index in [4.69, 9.17) is 16.3 Å². The molecule has 2 unspecified atom stereocenters. The Bertz CT molecular complexity index is 738. The lowest BCUT2D eigenvalue weighted by Crippen LogP contribution is -2.47. The highest BCUT2D eigenvalue weighted by molar-refractivity contribution is 6.31. The predicted octanol–water partition coefficient (Wildman–Crippen LogP) is 4.39. The summed E-state index contributed by atoms with van der Waals surface area (Å²) < 4.78 is 46.6. The summed E-state index contributed by atoms with van der Waals surface area (Å²) in [6, 6.07) is 4.35. The van der Waals surface area contributed by atoms with E-state index in [2.05, 4.69) is 9.97 Å². The zero-order valence-corrected chi connectivity index (χ0v) is 14.7. The minimum Gasteiger partial charge on any atom is -0.494 e. The van der Waals surface area contributed by atoms with Crippen LogP contribution in [-0.4, -0.2) is 27.9 Å². The van der Waals surface area contributed by atoms with Gasteiger partial charge in [-0.25, -0.2) is 0 Å². The van der Waals surface area contributed by atoms with Gasteiger partial charge in [-0.3, -0.25) is 9.97 Å². The monoisotopic (exact) mass is 374 g/mol. The molecular weight excluding hydrogens is 357 g/mol. The number of rotatable bonds is 5. The summed E-state index contributed by atoms with van der Waals surface area (Å²) in [5.74, 6) is -0.971. The molecule has 0 bridgehead atoms. The highest BCUT2D eigenvalue weighted by atomic mass is 35.5. The van der Waals surface area contributed by atoms with Crippen molar-refractivity contribution in [2.45, 2.75) is 38.5 Å². The van der Waals surface area contributed by atoms with Gasteiger partial charge in [-0.15, -0.1) is 0 Å². The maximum atomic E-state index is 13.8. The number of alkyl halides is 3. The summed E-state index contributed by atoms with van der Waals surface area (Å²) in [5.41, 5.74) is -3.24. The van der Waals surface area contributed by atoms with Gasteiger partial charge in [0.05, 0.1) is 18.5 Å². The highest BCUT2D eigenvalue weighted by Gasteiger charge is 2.60. The summed E-state index contributed by atoms with van der Waals surface area (Å²) in [6.45, 7) is 5.02. The summed E-state index contributed by atoms with van der Waals surface area (Å²) >= 11 is 6.13. The molecule has 136 valence electrons. The van der Waals surface area contributed by atoms with Crippen LogP contribution in [0.5, 0.6) is 5.75 Å². The first kappa shape index (κ1) is 19.5. The zero-order valence-electron chi connectivity index (χ0n) is 13.9. The molecule has 2 atom stereocenters. The van der Waals surface area contributed by atoms with Gasteiger partial charge in [0.25, 0.3) is 0 Å². The Morgan fingerprint density at radius 1 is 1.24 bits per heavy atom. The number of aliphatic hydroxyl groups is 1. The Hall–Kier alpha value is -1.86. The second kappa shape index (κ2) is 7.17. The largest absolute Gasteiger partial charge is 0.494 e. The molecule has 1 heterocycles. The normalized spacial score (nSPS) is 15.5. The van der Waals surface area contributed by atoms with Crippen molar-refractivity contribution >= 4 is 11.6 Å². The first-order valence-corrected chi connectivity index (χ1v) is 7.99. The van der Waals surface area contributed by atoms with Crippen LogP contribution in [0.15, 0.2) is 30.6 Å². The van der Waals surface area contributed by atoms with Crippen molar-refractivity contribution in [3.05, 3.63) is 52.6 Å².